The van der Waals surface area contributed by atoms with Gasteiger partial charge in [-0.05, 0) is 36.2 Å². The molecular weight excluding hydrogens is 294 g/mol. The van der Waals surface area contributed by atoms with Crippen LogP contribution in [0, 0.1) is 0 Å². The molecule has 1 atom stereocenters. The van der Waals surface area contributed by atoms with Crippen LogP contribution in [0.25, 0.3) is 0 Å². The summed E-state index contributed by atoms with van der Waals surface area (Å²) in [6.07, 6.45) is 3.73. The van der Waals surface area contributed by atoms with Gasteiger partial charge in [0.15, 0.2) is 0 Å². The maximum Gasteiger partial charge on any atom is 0.0594 e. The molecule has 1 aliphatic heterocycles. The smallest absolute Gasteiger partial charge is 0.0594 e. The van der Waals surface area contributed by atoms with Crippen LogP contribution in [0.3, 0.4) is 0 Å². The van der Waals surface area contributed by atoms with E-state index in [1.807, 2.05) is 23.7 Å². The zero-order chi connectivity index (χ0) is 15.2. The minimum atomic E-state index is 0.454. The number of rotatable bonds is 6. The van der Waals surface area contributed by atoms with Crippen LogP contribution in [0.15, 0.2) is 42.0 Å². The minimum absolute atomic E-state index is 0.454. The normalized spacial score (nSPS) is 17.7. The molecule has 0 N–H and O–H groups in total. The fourth-order valence-electron chi connectivity index (χ4n) is 2.92. The Morgan fingerprint density at radius 3 is 2.73 bits per heavy atom. The zero-order valence-corrected chi connectivity index (χ0v) is 13.8. The maximum absolute atomic E-state index is 5.51. The Labute approximate surface area is 136 Å². The molecule has 2 aromatic heterocycles. The van der Waals surface area contributed by atoms with Crippen molar-refractivity contribution in [3.05, 3.63) is 52.5 Å². The lowest BCUT2D eigenvalue weighted by Gasteiger charge is -2.36. The molecule has 0 bridgehead atoms. The molecule has 0 amide bonds. The molecule has 0 aliphatic carbocycles. The van der Waals surface area contributed by atoms with Crippen LogP contribution < -0.4 is 0 Å². The second kappa shape index (κ2) is 7.83. The molecule has 5 heteroatoms. The van der Waals surface area contributed by atoms with E-state index in [9.17, 15) is 0 Å². The third-order valence-electron chi connectivity index (χ3n) is 4.04. The van der Waals surface area contributed by atoms with Crippen molar-refractivity contribution in [2.24, 2.45) is 0 Å². The van der Waals surface area contributed by atoms with Gasteiger partial charge >= 0.3 is 0 Å². The topological polar surface area (TPSA) is 28.6 Å². The Morgan fingerprint density at radius 1 is 1.27 bits per heavy atom. The first-order chi connectivity index (χ1) is 10.8. The van der Waals surface area contributed by atoms with Gasteiger partial charge in [0.1, 0.15) is 0 Å². The molecule has 1 unspecified atom stereocenters. The van der Waals surface area contributed by atoms with E-state index in [4.69, 9.17) is 4.74 Å². The molecule has 0 saturated carbocycles. The summed E-state index contributed by atoms with van der Waals surface area (Å²) in [4.78, 5) is 10.5. The number of ether oxygens (including phenoxy) is 1. The summed E-state index contributed by atoms with van der Waals surface area (Å²) in [5.41, 5.74) is 1.31. The predicted octanol–water partition coefficient (Wildman–Crippen LogP) is 2.65. The third kappa shape index (κ3) is 4.14. The van der Waals surface area contributed by atoms with Gasteiger partial charge in [-0.15, -0.1) is 11.3 Å². The summed E-state index contributed by atoms with van der Waals surface area (Å²) in [7, 11) is 2.20. The lowest BCUT2D eigenvalue weighted by atomic mass is 10.1. The van der Waals surface area contributed by atoms with E-state index in [1.54, 1.807) is 0 Å². The molecule has 1 fully saturated rings. The highest BCUT2D eigenvalue weighted by Gasteiger charge is 2.24. The van der Waals surface area contributed by atoms with E-state index in [-0.39, 0.29) is 0 Å². The SMILES string of the molecule is CN(Cc1ccncc1)CC(c1cccs1)N1CCOCC1. The quantitative estimate of drug-likeness (QED) is 0.819. The standard InChI is InChI=1S/C17H23N3OS/c1-19(13-15-4-6-18-7-5-15)14-16(17-3-2-12-22-17)20-8-10-21-11-9-20/h2-7,12,16H,8-11,13-14H2,1H3. The van der Waals surface area contributed by atoms with Crippen LogP contribution in [0.4, 0.5) is 0 Å². The van der Waals surface area contributed by atoms with E-state index in [0.29, 0.717) is 6.04 Å². The summed E-state index contributed by atoms with van der Waals surface area (Å²) in [6.45, 7) is 5.71. The molecule has 2 aromatic rings. The number of aromatic nitrogens is 1. The van der Waals surface area contributed by atoms with Crippen molar-refractivity contribution >= 4 is 11.3 Å². The monoisotopic (exact) mass is 317 g/mol. The second-order valence-electron chi connectivity index (χ2n) is 5.73. The Hall–Kier alpha value is -1.27. The lowest BCUT2D eigenvalue weighted by molar-refractivity contribution is 0.00964. The molecule has 1 saturated heterocycles. The second-order valence-corrected chi connectivity index (χ2v) is 6.71. The van der Waals surface area contributed by atoms with Gasteiger partial charge in [0.2, 0.25) is 0 Å². The predicted molar refractivity (Wildman–Crippen MR) is 90.0 cm³/mol. The summed E-state index contributed by atoms with van der Waals surface area (Å²) in [6, 6.07) is 9.04. The lowest BCUT2D eigenvalue weighted by Crippen LogP contribution is -2.42. The number of nitrogens with zero attached hydrogens (tertiary/aromatic N) is 3. The van der Waals surface area contributed by atoms with Gasteiger partial charge in [-0.25, -0.2) is 0 Å². The first-order valence-corrected chi connectivity index (χ1v) is 8.63. The van der Waals surface area contributed by atoms with Crippen molar-refractivity contribution in [2.75, 3.05) is 39.9 Å². The average molecular weight is 317 g/mol. The summed E-state index contributed by atoms with van der Waals surface area (Å²) >= 11 is 1.85. The highest BCUT2D eigenvalue weighted by molar-refractivity contribution is 7.10. The molecule has 3 rings (SSSR count). The van der Waals surface area contributed by atoms with Crippen LogP contribution in [0.2, 0.25) is 0 Å². The van der Waals surface area contributed by atoms with Gasteiger partial charge in [-0.3, -0.25) is 9.88 Å². The van der Waals surface area contributed by atoms with Crippen LogP contribution >= 0.6 is 11.3 Å². The first-order valence-electron chi connectivity index (χ1n) is 7.75. The third-order valence-corrected chi connectivity index (χ3v) is 5.02. The number of pyridine rings is 1. The number of likely N-dealkylation sites (N-methyl/N-ethyl adjacent to an activating group) is 1. The van der Waals surface area contributed by atoms with Crippen molar-refractivity contribution in [3.8, 4) is 0 Å². The molecule has 1 aliphatic rings. The molecule has 3 heterocycles. The van der Waals surface area contributed by atoms with Crippen LogP contribution in [0.1, 0.15) is 16.5 Å². The molecular formula is C17H23N3OS. The fraction of sp³-hybridized carbons (Fsp3) is 0.471. The Morgan fingerprint density at radius 2 is 2.05 bits per heavy atom. The van der Waals surface area contributed by atoms with Crippen LogP contribution in [0.5, 0.6) is 0 Å². The van der Waals surface area contributed by atoms with Gasteiger partial charge < -0.3 is 9.64 Å². The van der Waals surface area contributed by atoms with Crippen molar-refractivity contribution in [1.29, 1.82) is 0 Å². The number of hydrogen-bond donors (Lipinski definition) is 0. The van der Waals surface area contributed by atoms with Gasteiger partial charge in [0.05, 0.1) is 19.3 Å². The summed E-state index contributed by atoms with van der Waals surface area (Å²) in [5.74, 6) is 0. The van der Waals surface area contributed by atoms with Crippen molar-refractivity contribution in [1.82, 2.24) is 14.8 Å². The van der Waals surface area contributed by atoms with E-state index < -0.39 is 0 Å². The van der Waals surface area contributed by atoms with Gasteiger partial charge in [-0.1, -0.05) is 6.07 Å². The minimum Gasteiger partial charge on any atom is -0.379 e. The Balaban J connectivity index is 1.66. The Kier molecular flexibility index (Phi) is 5.56. The first kappa shape index (κ1) is 15.6. The Bertz CT molecular complexity index is 540. The zero-order valence-electron chi connectivity index (χ0n) is 13.0. The highest BCUT2D eigenvalue weighted by atomic mass is 32.1. The summed E-state index contributed by atoms with van der Waals surface area (Å²) < 4.78 is 5.51. The average Bonchev–Trinajstić information content (AvgIpc) is 3.08. The van der Waals surface area contributed by atoms with E-state index in [0.717, 1.165) is 39.4 Å². The molecule has 4 nitrogen and oxygen atoms in total. The number of morpholine rings is 1. The van der Waals surface area contributed by atoms with Gasteiger partial charge in [0, 0.05) is 43.4 Å². The highest BCUT2D eigenvalue weighted by Crippen LogP contribution is 2.27. The molecule has 22 heavy (non-hydrogen) atoms. The number of thiophene rings is 1. The summed E-state index contributed by atoms with van der Waals surface area (Å²) in [5, 5.41) is 2.17. The van der Waals surface area contributed by atoms with Crippen LogP contribution in [-0.4, -0.2) is 54.7 Å². The largest absolute Gasteiger partial charge is 0.379 e. The van der Waals surface area contributed by atoms with E-state index in [1.165, 1.54) is 10.4 Å². The van der Waals surface area contributed by atoms with Crippen molar-refractivity contribution < 1.29 is 4.74 Å². The van der Waals surface area contributed by atoms with Crippen LogP contribution in [-0.2, 0) is 11.3 Å². The van der Waals surface area contributed by atoms with Crippen molar-refractivity contribution in [3.63, 3.8) is 0 Å². The van der Waals surface area contributed by atoms with Gasteiger partial charge in [0.25, 0.3) is 0 Å². The molecule has 118 valence electrons. The van der Waals surface area contributed by atoms with Crippen molar-refractivity contribution in [2.45, 2.75) is 12.6 Å². The van der Waals surface area contributed by atoms with E-state index >= 15 is 0 Å². The number of hydrogen-bond acceptors (Lipinski definition) is 5. The maximum atomic E-state index is 5.51. The fourth-order valence-corrected chi connectivity index (χ4v) is 3.77. The van der Waals surface area contributed by atoms with Gasteiger partial charge in [-0.2, -0.15) is 0 Å². The van der Waals surface area contributed by atoms with E-state index in [2.05, 4.69) is 51.5 Å². The molecule has 0 aromatic carbocycles. The molecule has 0 spiro atoms. The molecule has 0 radical (unpaired) electrons.